The molecular formula is C14H19ClF2N2O. The second-order valence-corrected chi connectivity index (χ2v) is 4.95. The minimum atomic E-state index is -0.931. The minimum absolute atomic E-state index is 0. The topological polar surface area (TPSA) is 32.3 Å². The molecule has 0 spiro atoms. The quantitative estimate of drug-likeness (QED) is 0.931. The summed E-state index contributed by atoms with van der Waals surface area (Å²) in [5, 5.41) is 3.25. The molecule has 0 unspecified atom stereocenters. The highest BCUT2D eigenvalue weighted by Gasteiger charge is 2.20. The van der Waals surface area contributed by atoms with E-state index in [1.807, 2.05) is 0 Å². The van der Waals surface area contributed by atoms with Crippen LogP contribution in [0.3, 0.4) is 0 Å². The Morgan fingerprint density at radius 3 is 2.55 bits per heavy atom. The molecule has 0 radical (unpaired) electrons. The van der Waals surface area contributed by atoms with Crippen LogP contribution < -0.4 is 10.2 Å². The van der Waals surface area contributed by atoms with E-state index in [1.165, 1.54) is 11.0 Å². The monoisotopic (exact) mass is 304 g/mol. The lowest BCUT2D eigenvalue weighted by molar-refractivity contribution is -0.119. The number of halogens is 3. The molecule has 1 amide bonds. The van der Waals surface area contributed by atoms with E-state index in [9.17, 15) is 13.6 Å². The standard InChI is InChI=1S/C14H18F2N2O.ClH/c1-18(11-2-3-12(15)13(16)9-11)14(19)8-10-4-6-17-7-5-10;/h2-3,9-10,17H,4-8H2,1H3;1H. The van der Waals surface area contributed by atoms with Gasteiger partial charge >= 0.3 is 0 Å². The van der Waals surface area contributed by atoms with Gasteiger partial charge < -0.3 is 10.2 Å². The van der Waals surface area contributed by atoms with Crippen LogP contribution in [0.4, 0.5) is 14.5 Å². The molecule has 0 saturated carbocycles. The summed E-state index contributed by atoms with van der Waals surface area (Å²) in [4.78, 5) is 13.5. The van der Waals surface area contributed by atoms with Crippen LogP contribution in [0.25, 0.3) is 0 Å². The number of piperidine rings is 1. The first kappa shape index (κ1) is 16.9. The second kappa shape index (κ2) is 7.55. The van der Waals surface area contributed by atoms with Crippen LogP contribution >= 0.6 is 12.4 Å². The molecule has 0 atom stereocenters. The van der Waals surface area contributed by atoms with Crippen molar-refractivity contribution in [1.29, 1.82) is 0 Å². The average Bonchev–Trinajstić information content (AvgIpc) is 2.42. The Balaban J connectivity index is 0.00000200. The van der Waals surface area contributed by atoms with E-state index in [4.69, 9.17) is 0 Å². The fourth-order valence-corrected chi connectivity index (χ4v) is 2.31. The van der Waals surface area contributed by atoms with Gasteiger partial charge in [0.05, 0.1) is 0 Å². The van der Waals surface area contributed by atoms with Gasteiger partial charge in [-0.05, 0) is 44.0 Å². The van der Waals surface area contributed by atoms with Gasteiger partial charge in [0.25, 0.3) is 0 Å². The smallest absolute Gasteiger partial charge is 0.226 e. The summed E-state index contributed by atoms with van der Waals surface area (Å²) >= 11 is 0. The van der Waals surface area contributed by atoms with Crippen molar-refractivity contribution in [2.75, 3.05) is 25.0 Å². The number of rotatable bonds is 3. The molecule has 1 saturated heterocycles. The van der Waals surface area contributed by atoms with Crippen molar-refractivity contribution < 1.29 is 13.6 Å². The molecule has 0 bridgehead atoms. The summed E-state index contributed by atoms with van der Waals surface area (Å²) in [7, 11) is 1.59. The molecule has 1 N–H and O–H groups in total. The van der Waals surface area contributed by atoms with Gasteiger partial charge in [-0.25, -0.2) is 8.78 Å². The number of carbonyl (C=O) groups excluding carboxylic acids is 1. The van der Waals surface area contributed by atoms with Crippen LogP contribution in [0.5, 0.6) is 0 Å². The number of benzene rings is 1. The van der Waals surface area contributed by atoms with Crippen LogP contribution in [-0.2, 0) is 4.79 Å². The van der Waals surface area contributed by atoms with E-state index in [-0.39, 0.29) is 18.3 Å². The van der Waals surface area contributed by atoms with Crippen LogP contribution in [0.2, 0.25) is 0 Å². The molecule has 1 heterocycles. The summed E-state index contributed by atoms with van der Waals surface area (Å²) in [6.45, 7) is 1.87. The van der Waals surface area contributed by atoms with Gasteiger partial charge in [-0.1, -0.05) is 0 Å². The second-order valence-electron chi connectivity index (χ2n) is 4.95. The van der Waals surface area contributed by atoms with Gasteiger partial charge in [0.15, 0.2) is 11.6 Å². The molecule has 6 heteroatoms. The highest BCUT2D eigenvalue weighted by Crippen LogP contribution is 2.21. The maximum atomic E-state index is 13.1. The average molecular weight is 305 g/mol. The summed E-state index contributed by atoms with van der Waals surface area (Å²) in [6, 6.07) is 3.51. The summed E-state index contributed by atoms with van der Waals surface area (Å²) in [6.07, 6.45) is 2.42. The van der Waals surface area contributed by atoms with Gasteiger partial charge in [0.2, 0.25) is 5.91 Å². The highest BCUT2D eigenvalue weighted by molar-refractivity contribution is 5.92. The fourth-order valence-electron chi connectivity index (χ4n) is 2.31. The molecule has 0 aromatic heterocycles. The minimum Gasteiger partial charge on any atom is -0.317 e. The predicted molar refractivity (Wildman–Crippen MR) is 77.2 cm³/mol. The highest BCUT2D eigenvalue weighted by atomic mass is 35.5. The van der Waals surface area contributed by atoms with Crippen molar-refractivity contribution in [3.8, 4) is 0 Å². The molecule has 0 aliphatic carbocycles. The zero-order chi connectivity index (χ0) is 13.8. The Hall–Kier alpha value is -1.20. The predicted octanol–water partition coefficient (Wildman–Crippen LogP) is 2.74. The molecule has 1 aromatic rings. The number of anilines is 1. The van der Waals surface area contributed by atoms with E-state index >= 15 is 0 Å². The molecule has 1 aliphatic heterocycles. The maximum absolute atomic E-state index is 13.1. The molecule has 20 heavy (non-hydrogen) atoms. The van der Waals surface area contributed by atoms with Crippen LogP contribution in [-0.4, -0.2) is 26.0 Å². The molecule has 112 valence electrons. The van der Waals surface area contributed by atoms with Crippen molar-refractivity contribution >= 4 is 24.0 Å². The van der Waals surface area contributed by atoms with Crippen LogP contribution in [0.1, 0.15) is 19.3 Å². The van der Waals surface area contributed by atoms with Crippen molar-refractivity contribution in [2.24, 2.45) is 5.92 Å². The lowest BCUT2D eigenvalue weighted by Gasteiger charge is -2.25. The number of hydrogen-bond acceptors (Lipinski definition) is 2. The largest absolute Gasteiger partial charge is 0.317 e. The Morgan fingerprint density at radius 1 is 1.30 bits per heavy atom. The Bertz CT molecular complexity index is 464. The zero-order valence-corrected chi connectivity index (χ0v) is 12.2. The first-order chi connectivity index (χ1) is 9.08. The lowest BCUT2D eigenvalue weighted by Crippen LogP contribution is -2.33. The summed E-state index contributed by atoms with van der Waals surface area (Å²) < 4.78 is 26.0. The van der Waals surface area contributed by atoms with Gasteiger partial charge in [0, 0.05) is 25.2 Å². The molecule has 2 rings (SSSR count). The van der Waals surface area contributed by atoms with Crippen molar-refractivity contribution in [2.45, 2.75) is 19.3 Å². The van der Waals surface area contributed by atoms with Gasteiger partial charge in [0.1, 0.15) is 0 Å². The van der Waals surface area contributed by atoms with E-state index in [1.54, 1.807) is 7.05 Å². The third-order valence-electron chi connectivity index (χ3n) is 3.59. The van der Waals surface area contributed by atoms with Crippen molar-refractivity contribution in [3.05, 3.63) is 29.8 Å². The number of amides is 1. The third-order valence-corrected chi connectivity index (χ3v) is 3.59. The maximum Gasteiger partial charge on any atom is 0.226 e. The third kappa shape index (κ3) is 4.15. The van der Waals surface area contributed by atoms with Gasteiger partial charge in [-0.2, -0.15) is 0 Å². The first-order valence-corrected chi connectivity index (χ1v) is 6.50. The number of hydrogen-bond donors (Lipinski definition) is 1. The van der Waals surface area contributed by atoms with Gasteiger partial charge in [-0.15, -0.1) is 12.4 Å². The molecular weight excluding hydrogens is 286 g/mol. The van der Waals surface area contributed by atoms with E-state index in [0.29, 0.717) is 18.0 Å². The zero-order valence-electron chi connectivity index (χ0n) is 11.4. The molecule has 1 fully saturated rings. The van der Waals surface area contributed by atoms with Crippen LogP contribution in [0.15, 0.2) is 18.2 Å². The molecule has 1 aromatic carbocycles. The van der Waals surface area contributed by atoms with E-state index < -0.39 is 11.6 Å². The Labute approximate surface area is 123 Å². The van der Waals surface area contributed by atoms with E-state index in [0.717, 1.165) is 38.1 Å². The van der Waals surface area contributed by atoms with Crippen molar-refractivity contribution in [3.63, 3.8) is 0 Å². The number of nitrogens with zero attached hydrogens (tertiary/aromatic N) is 1. The Morgan fingerprint density at radius 2 is 1.95 bits per heavy atom. The normalized spacial score (nSPS) is 15.6. The first-order valence-electron chi connectivity index (χ1n) is 6.50. The summed E-state index contributed by atoms with van der Waals surface area (Å²) in [5.41, 5.74) is 0.387. The summed E-state index contributed by atoms with van der Waals surface area (Å²) in [5.74, 6) is -1.51. The van der Waals surface area contributed by atoms with Crippen molar-refractivity contribution in [1.82, 2.24) is 5.32 Å². The molecule has 3 nitrogen and oxygen atoms in total. The Kier molecular flexibility index (Phi) is 6.36. The number of carbonyl (C=O) groups is 1. The lowest BCUT2D eigenvalue weighted by atomic mass is 9.94. The van der Waals surface area contributed by atoms with Gasteiger partial charge in [-0.3, -0.25) is 4.79 Å². The van der Waals surface area contributed by atoms with E-state index in [2.05, 4.69) is 5.32 Å². The van der Waals surface area contributed by atoms with Crippen LogP contribution in [0, 0.1) is 17.6 Å². The SMILES string of the molecule is CN(C(=O)CC1CCNCC1)c1ccc(F)c(F)c1.Cl. The molecule has 1 aliphatic rings. The fraction of sp³-hybridized carbons (Fsp3) is 0.500. The number of nitrogens with one attached hydrogen (secondary N) is 1.